The maximum Gasteiger partial charge on any atom is 0.273 e. The van der Waals surface area contributed by atoms with Crippen LogP contribution in [0.4, 0.5) is 0 Å². The highest BCUT2D eigenvalue weighted by molar-refractivity contribution is 9.10. The number of aromatic nitrogens is 3. The van der Waals surface area contributed by atoms with Crippen molar-refractivity contribution in [3.8, 4) is 28.5 Å². The number of amides is 1. The Balaban J connectivity index is 1.74. The first-order valence-corrected chi connectivity index (χ1v) is 11.7. The van der Waals surface area contributed by atoms with Gasteiger partial charge in [-0.3, -0.25) is 14.9 Å². The van der Waals surface area contributed by atoms with E-state index in [0.717, 1.165) is 22.3 Å². The smallest absolute Gasteiger partial charge is 0.273 e. The van der Waals surface area contributed by atoms with Gasteiger partial charge in [0.15, 0.2) is 11.5 Å². The van der Waals surface area contributed by atoms with Crippen molar-refractivity contribution in [1.82, 2.24) is 20.1 Å². The molecule has 0 radical (unpaired) electrons. The van der Waals surface area contributed by atoms with Crippen molar-refractivity contribution in [2.24, 2.45) is 0 Å². The molecule has 3 N–H and O–H groups in total. The fourth-order valence-corrected chi connectivity index (χ4v) is 5.21. The molecule has 8 nitrogen and oxygen atoms in total. The summed E-state index contributed by atoms with van der Waals surface area (Å²) in [7, 11) is 1.47. The summed E-state index contributed by atoms with van der Waals surface area (Å²) in [5.74, 6) is 0.119. The minimum absolute atomic E-state index is 0.0287. The van der Waals surface area contributed by atoms with Gasteiger partial charge in [-0.1, -0.05) is 12.1 Å². The summed E-state index contributed by atoms with van der Waals surface area (Å²) in [6.45, 7) is 4.12. The number of methoxy groups -OCH3 is 1. The molecular formula is C26H23BrN4O4. The number of carbonyl (C=O) groups is 1. The number of phenols is 2. The Morgan fingerprint density at radius 1 is 1.20 bits per heavy atom. The lowest BCUT2D eigenvalue weighted by Crippen LogP contribution is -2.29. The number of H-pyrrole nitrogens is 1. The second kappa shape index (κ2) is 8.74. The predicted molar refractivity (Wildman–Crippen MR) is 133 cm³/mol. The highest BCUT2D eigenvalue weighted by Crippen LogP contribution is 2.48. The quantitative estimate of drug-likeness (QED) is 0.331. The van der Waals surface area contributed by atoms with Crippen LogP contribution in [0.1, 0.15) is 44.3 Å². The van der Waals surface area contributed by atoms with E-state index in [1.165, 1.54) is 7.11 Å². The number of aromatic hydroxyl groups is 2. The van der Waals surface area contributed by atoms with Crippen LogP contribution in [-0.2, 0) is 6.54 Å². The van der Waals surface area contributed by atoms with E-state index in [2.05, 4.69) is 31.1 Å². The molecule has 0 aliphatic carbocycles. The molecule has 3 heterocycles. The van der Waals surface area contributed by atoms with Crippen LogP contribution in [-0.4, -0.2) is 43.3 Å². The van der Waals surface area contributed by atoms with Crippen LogP contribution < -0.4 is 4.74 Å². The lowest BCUT2D eigenvalue weighted by Gasteiger charge is -2.27. The Hall–Kier alpha value is -3.85. The van der Waals surface area contributed by atoms with Crippen LogP contribution in [0.2, 0.25) is 0 Å². The molecule has 4 aromatic rings. The molecule has 0 spiro atoms. The fourth-order valence-electron chi connectivity index (χ4n) is 4.75. The van der Waals surface area contributed by atoms with Gasteiger partial charge < -0.3 is 19.8 Å². The number of ether oxygens (including phenoxy) is 1. The Morgan fingerprint density at radius 3 is 2.69 bits per heavy atom. The SMILES string of the molecule is COc1cc(C2c3c(-c4c(C)cc(C)cc4O)n[nH]c3C(=O)N2Cc2cccnc2)cc(Br)c1O. The van der Waals surface area contributed by atoms with Crippen molar-refractivity contribution in [2.75, 3.05) is 7.11 Å². The van der Waals surface area contributed by atoms with Gasteiger partial charge in [0.2, 0.25) is 0 Å². The van der Waals surface area contributed by atoms with Gasteiger partial charge in [-0.15, -0.1) is 0 Å². The minimum Gasteiger partial charge on any atom is -0.507 e. The van der Waals surface area contributed by atoms with Crippen molar-refractivity contribution in [3.05, 3.63) is 86.8 Å². The van der Waals surface area contributed by atoms with Crippen LogP contribution >= 0.6 is 15.9 Å². The molecule has 1 amide bonds. The average molecular weight is 535 g/mol. The summed E-state index contributed by atoms with van der Waals surface area (Å²) >= 11 is 3.41. The number of pyridine rings is 1. The summed E-state index contributed by atoms with van der Waals surface area (Å²) in [5.41, 5.74) is 5.44. The number of rotatable bonds is 5. The van der Waals surface area contributed by atoms with E-state index in [1.54, 1.807) is 35.5 Å². The van der Waals surface area contributed by atoms with Crippen LogP contribution in [0.5, 0.6) is 17.2 Å². The number of phenolic OH excluding ortho intramolecular Hbond substituents is 2. The molecule has 0 saturated carbocycles. The largest absolute Gasteiger partial charge is 0.507 e. The van der Waals surface area contributed by atoms with Crippen molar-refractivity contribution < 1.29 is 19.7 Å². The van der Waals surface area contributed by atoms with Gasteiger partial charge in [0.25, 0.3) is 5.91 Å². The van der Waals surface area contributed by atoms with E-state index in [0.29, 0.717) is 33.5 Å². The van der Waals surface area contributed by atoms with Crippen molar-refractivity contribution >= 4 is 21.8 Å². The molecule has 1 aliphatic heterocycles. The van der Waals surface area contributed by atoms with Gasteiger partial charge in [0, 0.05) is 30.1 Å². The summed E-state index contributed by atoms with van der Waals surface area (Å²) < 4.78 is 5.82. The summed E-state index contributed by atoms with van der Waals surface area (Å²) in [6.07, 6.45) is 3.40. The Morgan fingerprint density at radius 2 is 2.00 bits per heavy atom. The van der Waals surface area contributed by atoms with Crippen LogP contribution in [0.15, 0.2) is 53.3 Å². The third-order valence-corrected chi connectivity index (χ3v) is 6.83. The number of nitrogens with zero attached hydrogens (tertiary/aromatic N) is 3. The number of hydrogen-bond acceptors (Lipinski definition) is 6. The number of benzene rings is 2. The molecule has 9 heteroatoms. The second-order valence-electron chi connectivity index (χ2n) is 8.59. The third kappa shape index (κ3) is 3.81. The number of hydrogen-bond donors (Lipinski definition) is 3. The molecule has 5 rings (SSSR count). The van der Waals surface area contributed by atoms with Crippen LogP contribution in [0.25, 0.3) is 11.3 Å². The Bertz CT molecular complexity index is 1430. The summed E-state index contributed by atoms with van der Waals surface area (Å²) in [5, 5.41) is 28.6. The zero-order valence-corrected chi connectivity index (χ0v) is 20.9. The monoisotopic (exact) mass is 534 g/mol. The molecule has 1 atom stereocenters. The lowest BCUT2D eigenvalue weighted by molar-refractivity contribution is 0.0729. The number of carbonyl (C=O) groups excluding carboxylic acids is 1. The van der Waals surface area contributed by atoms with Gasteiger partial charge in [0.05, 0.1) is 17.6 Å². The number of nitrogens with one attached hydrogen (secondary N) is 1. The van der Waals surface area contributed by atoms with Crippen molar-refractivity contribution in [3.63, 3.8) is 0 Å². The predicted octanol–water partition coefficient (Wildman–Crippen LogP) is 5.02. The van der Waals surface area contributed by atoms with Crippen molar-refractivity contribution in [1.29, 1.82) is 0 Å². The van der Waals surface area contributed by atoms with E-state index in [-0.39, 0.29) is 23.2 Å². The molecule has 0 bridgehead atoms. The molecule has 2 aromatic heterocycles. The maximum atomic E-state index is 13.6. The number of fused-ring (bicyclic) bond motifs is 1. The second-order valence-corrected chi connectivity index (χ2v) is 9.44. The summed E-state index contributed by atoms with van der Waals surface area (Å²) in [6, 6.07) is 10.3. The standard InChI is InChI=1S/C26H23BrN4O4/c1-13-7-14(2)20(18(32)8-13)22-21-23(30-29-22)26(34)31(12-15-5-4-6-28-11-15)24(21)16-9-17(27)25(33)19(10-16)35-3/h4-11,24,32-33H,12H2,1-3H3,(H,29,30). The fraction of sp³-hybridized carbons (Fsp3) is 0.192. The molecule has 1 aliphatic rings. The molecule has 0 saturated heterocycles. The van der Waals surface area contributed by atoms with Gasteiger partial charge in [-0.2, -0.15) is 5.10 Å². The van der Waals surface area contributed by atoms with Gasteiger partial charge in [0.1, 0.15) is 17.1 Å². The van der Waals surface area contributed by atoms with E-state index >= 15 is 0 Å². The minimum atomic E-state index is -0.558. The third-order valence-electron chi connectivity index (χ3n) is 6.22. The van der Waals surface area contributed by atoms with Gasteiger partial charge in [-0.25, -0.2) is 0 Å². The average Bonchev–Trinajstić information content (AvgIpc) is 3.35. The zero-order chi connectivity index (χ0) is 24.9. The van der Waals surface area contributed by atoms with E-state index in [9.17, 15) is 15.0 Å². The first kappa shape index (κ1) is 22.9. The molecule has 35 heavy (non-hydrogen) atoms. The molecule has 1 unspecified atom stereocenters. The molecule has 0 fully saturated rings. The van der Waals surface area contributed by atoms with E-state index < -0.39 is 6.04 Å². The van der Waals surface area contributed by atoms with Crippen molar-refractivity contribution in [2.45, 2.75) is 26.4 Å². The lowest BCUT2D eigenvalue weighted by atomic mass is 9.93. The zero-order valence-electron chi connectivity index (χ0n) is 19.3. The van der Waals surface area contributed by atoms with E-state index in [4.69, 9.17) is 4.74 Å². The number of halogens is 1. The van der Waals surface area contributed by atoms with Gasteiger partial charge in [-0.05, 0) is 76.3 Å². The molecule has 2 aromatic carbocycles. The first-order chi connectivity index (χ1) is 16.8. The Labute approximate surface area is 210 Å². The maximum absolute atomic E-state index is 13.6. The molecule has 178 valence electrons. The highest BCUT2D eigenvalue weighted by Gasteiger charge is 2.43. The van der Waals surface area contributed by atoms with Crippen LogP contribution in [0.3, 0.4) is 0 Å². The van der Waals surface area contributed by atoms with Crippen LogP contribution in [0, 0.1) is 13.8 Å². The summed E-state index contributed by atoms with van der Waals surface area (Å²) in [4.78, 5) is 19.5. The number of aryl methyl sites for hydroxylation is 2. The normalized spacial score (nSPS) is 14.9. The topological polar surface area (TPSA) is 112 Å². The Kier molecular flexibility index (Phi) is 5.72. The van der Waals surface area contributed by atoms with E-state index in [1.807, 2.05) is 32.0 Å². The first-order valence-electron chi connectivity index (χ1n) is 10.9. The number of aromatic amines is 1. The molecular weight excluding hydrogens is 512 g/mol. The highest BCUT2D eigenvalue weighted by atomic mass is 79.9. The van der Waals surface area contributed by atoms with Gasteiger partial charge >= 0.3 is 0 Å².